The maximum atomic E-state index is 12.9. The molecule has 7 heteroatoms. The van der Waals surface area contributed by atoms with Crippen molar-refractivity contribution < 1.29 is 19.4 Å². The molecule has 3 rings (SSSR count). The number of carboxylic acid groups (broad SMARTS) is 1. The number of nitrogens with two attached hydrogens (primary N) is 1. The molecular formula is C26H30N2O4S. The lowest BCUT2D eigenvalue weighted by Gasteiger charge is -2.22. The van der Waals surface area contributed by atoms with Crippen LogP contribution < -0.4 is 10.5 Å². The van der Waals surface area contributed by atoms with Gasteiger partial charge in [-0.1, -0.05) is 13.8 Å². The van der Waals surface area contributed by atoms with Crippen molar-refractivity contribution in [1.82, 2.24) is 4.98 Å². The minimum Gasteiger partial charge on any atom is -0.478 e. The van der Waals surface area contributed by atoms with Gasteiger partial charge < -0.3 is 15.6 Å². The lowest BCUT2D eigenvalue weighted by molar-refractivity contribution is -0.152. The van der Waals surface area contributed by atoms with E-state index in [1.165, 1.54) is 13.8 Å². The van der Waals surface area contributed by atoms with E-state index in [4.69, 9.17) is 15.5 Å². The number of nitrogens with zero attached hydrogens (tertiary/aromatic N) is 1. The van der Waals surface area contributed by atoms with E-state index in [2.05, 4.69) is 13.8 Å². The van der Waals surface area contributed by atoms with Gasteiger partial charge >= 0.3 is 5.97 Å². The zero-order chi connectivity index (χ0) is 24.3. The van der Waals surface area contributed by atoms with Gasteiger partial charge in [-0.15, -0.1) is 11.3 Å². The number of ketones is 1. The van der Waals surface area contributed by atoms with Crippen LogP contribution in [0, 0.1) is 6.92 Å². The summed E-state index contributed by atoms with van der Waals surface area (Å²) in [5, 5.41) is 10.2. The normalized spacial score (nSPS) is 11.6. The van der Waals surface area contributed by atoms with E-state index in [-0.39, 0.29) is 11.7 Å². The molecule has 0 atom stereocenters. The van der Waals surface area contributed by atoms with Gasteiger partial charge in [-0.05, 0) is 81.1 Å². The van der Waals surface area contributed by atoms with Crippen LogP contribution in [0.25, 0.3) is 10.6 Å². The van der Waals surface area contributed by atoms with Gasteiger partial charge in [0.25, 0.3) is 0 Å². The summed E-state index contributed by atoms with van der Waals surface area (Å²) in [5.41, 5.74) is 8.51. The predicted molar refractivity (Wildman–Crippen MR) is 132 cm³/mol. The van der Waals surface area contributed by atoms with Gasteiger partial charge in [0.2, 0.25) is 0 Å². The molecule has 0 radical (unpaired) electrons. The number of aryl methyl sites for hydroxylation is 2. The molecule has 0 saturated heterocycles. The molecule has 0 aliphatic heterocycles. The molecule has 6 nitrogen and oxygen atoms in total. The van der Waals surface area contributed by atoms with Gasteiger partial charge in [-0.25, -0.2) is 9.78 Å². The van der Waals surface area contributed by atoms with Gasteiger partial charge in [0.05, 0.1) is 5.69 Å². The lowest BCUT2D eigenvalue weighted by Crippen LogP contribution is -2.38. The minimum absolute atomic E-state index is 0.0271. The number of anilines is 1. The third-order valence-corrected chi connectivity index (χ3v) is 6.57. The van der Waals surface area contributed by atoms with Crippen LogP contribution in [0.5, 0.6) is 5.75 Å². The Hall–Kier alpha value is -3.19. The maximum absolute atomic E-state index is 12.9. The van der Waals surface area contributed by atoms with E-state index >= 15 is 0 Å². The number of nitrogen functional groups attached to an aromatic ring is 1. The van der Waals surface area contributed by atoms with Crippen LogP contribution in [0.2, 0.25) is 0 Å². The Balaban J connectivity index is 1.74. The molecule has 0 unspecified atom stereocenters. The van der Waals surface area contributed by atoms with Gasteiger partial charge in [0.15, 0.2) is 11.4 Å². The van der Waals surface area contributed by atoms with E-state index in [0.717, 1.165) is 26.7 Å². The molecule has 174 valence electrons. The standard InChI is InChI=1S/C26H30N2O4S/c1-15(2)23-22(33-24(28-23)17-6-9-19(27)10-7-17)13-11-20(29)18-8-12-21(16(3)14-18)32-26(4,5)25(30)31/h6-10,12,14-15H,11,13,27H2,1-5H3,(H,30,31). The topological polar surface area (TPSA) is 103 Å². The number of benzene rings is 2. The molecule has 1 heterocycles. The van der Waals surface area contributed by atoms with Gasteiger partial charge in [0.1, 0.15) is 10.8 Å². The van der Waals surface area contributed by atoms with E-state index in [1.54, 1.807) is 29.5 Å². The molecule has 0 spiro atoms. The van der Waals surface area contributed by atoms with Crippen LogP contribution >= 0.6 is 11.3 Å². The fourth-order valence-electron chi connectivity index (χ4n) is 3.37. The fraction of sp³-hybridized carbons (Fsp3) is 0.346. The number of Topliss-reactive ketones (excluding diaryl/α,β-unsaturated/α-hetero) is 1. The number of hydrogen-bond acceptors (Lipinski definition) is 6. The van der Waals surface area contributed by atoms with Crippen molar-refractivity contribution in [2.24, 2.45) is 0 Å². The minimum atomic E-state index is -1.35. The van der Waals surface area contributed by atoms with Crippen LogP contribution in [0.3, 0.4) is 0 Å². The van der Waals surface area contributed by atoms with Gasteiger partial charge in [-0.3, -0.25) is 4.79 Å². The molecule has 0 fully saturated rings. The first kappa shape index (κ1) is 24.5. The average Bonchev–Trinajstić information content (AvgIpc) is 3.18. The number of ether oxygens (including phenoxy) is 1. The van der Waals surface area contributed by atoms with E-state index in [9.17, 15) is 14.7 Å². The highest BCUT2D eigenvalue weighted by Crippen LogP contribution is 2.33. The summed E-state index contributed by atoms with van der Waals surface area (Å²) in [6, 6.07) is 12.8. The van der Waals surface area contributed by atoms with Crippen molar-refractivity contribution >= 4 is 28.8 Å². The van der Waals surface area contributed by atoms with Crippen molar-refractivity contribution in [3.05, 3.63) is 64.2 Å². The summed E-state index contributed by atoms with van der Waals surface area (Å²) in [4.78, 5) is 30.2. The second-order valence-corrected chi connectivity index (χ2v) is 10.0. The van der Waals surface area contributed by atoms with Crippen LogP contribution in [-0.4, -0.2) is 27.4 Å². The third kappa shape index (κ3) is 5.79. The number of carbonyl (C=O) groups is 2. The summed E-state index contributed by atoms with van der Waals surface area (Å²) in [5.74, 6) is -0.313. The Morgan fingerprint density at radius 3 is 2.39 bits per heavy atom. The van der Waals surface area contributed by atoms with E-state index in [1.807, 2.05) is 31.2 Å². The third-order valence-electron chi connectivity index (χ3n) is 5.39. The van der Waals surface area contributed by atoms with Gasteiger partial charge in [-0.2, -0.15) is 0 Å². The average molecular weight is 467 g/mol. The largest absolute Gasteiger partial charge is 0.478 e. The molecule has 0 aliphatic rings. The van der Waals surface area contributed by atoms with E-state index in [0.29, 0.717) is 29.8 Å². The van der Waals surface area contributed by atoms with Crippen LogP contribution in [-0.2, 0) is 11.2 Å². The molecule has 33 heavy (non-hydrogen) atoms. The SMILES string of the molecule is Cc1cc(C(=O)CCc2sc(-c3ccc(N)cc3)nc2C(C)C)ccc1OC(C)(C)C(=O)O. The number of thiazole rings is 1. The Morgan fingerprint density at radius 2 is 1.82 bits per heavy atom. The highest BCUT2D eigenvalue weighted by molar-refractivity contribution is 7.15. The van der Waals surface area contributed by atoms with Crippen LogP contribution in [0.4, 0.5) is 5.69 Å². The molecule has 0 aliphatic carbocycles. The number of hydrogen-bond donors (Lipinski definition) is 2. The van der Waals surface area contributed by atoms with Crippen molar-refractivity contribution in [2.75, 3.05) is 5.73 Å². The zero-order valence-electron chi connectivity index (χ0n) is 19.6. The van der Waals surface area contributed by atoms with Crippen LogP contribution in [0.1, 0.15) is 66.5 Å². The zero-order valence-corrected chi connectivity index (χ0v) is 20.5. The molecule has 3 N–H and O–H groups in total. The maximum Gasteiger partial charge on any atom is 0.347 e. The molecule has 2 aromatic carbocycles. The van der Waals surface area contributed by atoms with Crippen molar-refractivity contribution in [1.29, 1.82) is 0 Å². The molecule has 0 bridgehead atoms. The molecule has 0 saturated carbocycles. The van der Waals surface area contributed by atoms with Crippen LogP contribution in [0.15, 0.2) is 42.5 Å². The highest BCUT2D eigenvalue weighted by atomic mass is 32.1. The first-order valence-electron chi connectivity index (χ1n) is 10.9. The molecule has 1 aromatic heterocycles. The monoisotopic (exact) mass is 466 g/mol. The first-order valence-corrected chi connectivity index (χ1v) is 11.7. The number of aliphatic carboxylic acids is 1. The molecular weight excluding hydrogens is 436 g/mol. The highest BCUT2D eigenvalue weighted by Gasteiger charge is 2.30. The summed E-state index contributed by atoms with van der Waals surface area (Å²) < 4.78 is 5.63. The predicted octanol–water partition coefficient (Wildman–Crippen LogP) is 5.88. The second-order valence-electron chi connectivity index (χ2n) is 8.93. The number of carboxylic acids is 1. The Labute approximate surface area is 198 Å². The quantitative estimate of drug-likeness (QED) is 0.301. The first-order chi connectivity index (χ1) is 15.5. The second kappa shape index (κ2) is 9.75. The fourth-order valence-corrected chi connectivity index (χ4v) is 4.59. The number of carbonyl (C=O) groups excluding carboxylic acids is 1. The Morgan fingerprint density at radius 1 is 1.15 bits per heavy atom. The number of rotatable bonds is 9. The lowest BCUT2D eigenvalue weighted by atomic mass is 10.0. The molecule has 3 aromatic rings. The Bertz CT molecular complexity index is 1160. The Kier molecular flexibility index (Phi) is 7.22. The van der Waals surface area contributed by atoms with E-state index < -0.39 is 11.6 Å². The summed E-state index contributed by atoms with van der Waals surface area (Å²) in [6.07, 6.45) is 0.978. The number of aromatic nitrogens is 1. The van der Waals surface area contributed by atoms with Crippen molar-refractivity contribution in [3.8, 4) is 16.3 Å². The van der Waals surface area contributed by atoms with Crippen molar-refractivity contribution in [3.63, 3.8) is 0 Å². The smallest absolute Gasteiger partial charge is 0.347 e. The van der Waals surface area contributed by atoms with Gasteiger partial charge in [0, 0.05) is 28.1 Å². The summed E-state index contributed by atoms with van der Waals surface area (Å²) in [6.45, 7) is 9.01. The molecule has 0 amide bonds. The summed E-state index contributed by atoms with van der Waals surface area (Å²) in [7, 11) is 0. The summed E-state index contributed by atoms with van der Waals surface area (Å²) >= 11 is 1.62. The van der Waals surface area contributed by atoms with Crippen molar-refractivity contribution in [2.45, 2.75) is 59.0 Å².